The maximum absolute atomic E-state index is 7.01. The third-order valence-electron chi connectivity index (χ3n) is 7.98. The molecule has 0 radical (unpaired) electrons. The number of ether oxygens (including phenoxy) is 2. The summed E-state index contributed by atoms with van der Waals surface area (Å²) in [5.41, 5.74) is 2.31. The summed E-state index contributed by atoms with van der Waals surface area (Å²) >= 11 is 0. The van der Waals surface area contributed by atoms with E-state index in [1.807, 2.05) is 18.3 Å². The topological polar surface area (TPSA) is 66.8 Å². The molecule has 0 N–H and O–H groups in total. The summed E-state index contributed by atoms with van der Waals surface area (Å²) in [5.74, 6) is 1.52. The number of epoxide rings is 1. The van der Waals surface area contributed by atoms with E-state index >= 15 is 0 Å². The van der Waals surface area contributed by atoms with Crippen LogP contribution in [0, 0.1) is 11.8 Å². The van der Waals surface area contributed by atoms with Crippen LogP contribution < -0.4 is 0 Å². The second kappa shape index (κ2) is 13.1. The molecule has 0 spiro atoms. The van der Waals surface area contributed by atoms with Gasteiger partial charge < -0.3 is 27.2 Å². The second-order valence-electron chi connectivity index (χ2n) is 15.5. The molecule has 2 aromatic rings. The van der Waals surface area contributed by atoms with Crippen molar-refractivity contribution in [3.05, 3.63) is 42.0 Å². The Morgan fingerprint density at radius 2 is 1.64 bits per heavy atom. The highest BCUT2D eigenvalue weighted by atomic mass is 28.4. The van der Waals surface area contributed by atoms with E-state index in [0.29, 0.717) is 12.5 Å². The van der Waals surface area contributed by atoms with Crippen molar-refractivity contribution < 1.29 is 22.8 Å². The van der Waals surface area contributed by atoms with E-state index in [4.69, 9.17) is 22.8 Å². The summed E-state index contributed by atoms with van der Waals surface area (Å²) in [6, 6.07) is 6.16. The molecule has 2 aromatic heterocycles. The fourth-order valence-corrected chi connectivity index (χ4v) is 9.70. The van der Waals surface area contributed by atoms with E-state index in [-0.39, 0.29) is 42.5 Å². The number of aromatic nitrogens is 2. The minimum Gasteiger partial charge on any atom is -0.415 e. The zero-order valence-corrected chi connectivity index (χ0v) is 31.1. The molecule has 7 nitrogen and oxygen atoms in total. The van der Waals surface area contributed by atoms with E-state index < -0.39 is 25.0 Å². The van der Waals surface area contributed by atoms with E-state index in [0.717, 1.165) is 24.2 Å². The highest BCUT2D eigenvalue weighted by Gasteiger charge is 2.51. The largest absolute Gasteiger partial charge is 0.415 e. The van der Waals surface area contributed by atoms with Gasteiger partial charge >= 0.3 is 0 Å². The van der Waals surface area contributed by atoms with Gasteiger partial charge in [0.1, 0.15) is 5.82 Å². The summed E-state index contributed by atoms with van der Waals surface area (Å²) in [4.78, 5) is 4.66. The van der Waals surface area contributed by atoms with Crippen LogP contribution in [-0.2, 0) is 22.8 Å². The molecule has 0 aliphatic carbocycles. The number of fused-ring (bicyclic) bond motifs is 1. The number of pyridine rings is 1. The van der Waals surface area contributed by atoms with Gasteiger partial charge in [-0.1, -0.05) is 18.6 Å². The second-order valence-corrected chi connectivity index (χ2v) is 28.9. The van der Waals surface area contributed by atoms with Crippen LogP contribution in [0.1, 0.15) is 39.4 Å². The molecule has 0 amide bonds. The van der Waals surface area contributed by atoms with Crippen molar-refractivity contribution in [1.82, 2.24) is 9.38 Å². The third kappa shape index (κ3) is 9.44. The van der Waals surface area contributed by atoms with E-state index in [1.165, 1.54) is 5.57 Å². The number of imidazole rings is 1. The van der Waals surface area contributed by atoms with Crippen LogP contribution in [0.2, 0.25) is 58.9 Å². The first-order valence-electron chi connectivity index (χ1n) is 15.8. The van der Waals surface area contributed by atoms with Crippen molar-refractivity contribution in [2.45, 2.75) is 129 Å². The van der Waals surface area contributed by atoms with Gasteiger partial charge in [0, 0.05) is 24.1 Å². The van der Waals surface area contributed by atoms with Gasteiger partial charge in [-0.05, 0) is 104 Å². The molecule has 4 rings (SSSR count). The predicted octanol–water partition coefficient (Wildman–Crippen LogP) is 7.62. The zero-order chi connectivity index (χ0) is 31.0. The number of nitrogens with zero attached hydrogens (tertiary/aromatic N) is 2. The Kier molecular flexibility index (Phi) is 10.5. The molecule has 0 aromatic carbocycles. The first-order chi connectivity index (χ1) is 19.4. The lowest BCUT2D eigenvalue weighted by atomic mass is 9.85. The Balaban J connectivity index is 1.52. The van der Waals surface area contributed by atoms with E-state index in [1.54, 1.807) is 0 Å². The maximum atomic E-state index is 7.01. The van der Waals surface area contributed by atoms with Gasteiger partial charge in [0.05, 0.1) is 48.8 Å². The molecule has 8 atom stereocenters. The van der Waals surface area contributed by atoms with Crippen LogP contribution in [0.25, 0.3) is 11.6 Å². The first-order valence-corrected chi connectivity index (χ1v) is 26.0. The van der Waals surface area contributed by atoms with Gasteiger partial charge in [-0.15, -0.1) is 0 Å². The normalized spacial score (nSPS) is 29.1. The molecule has 236 valence electrons. The first kappa shape index (κ1) is 33.8. The third-order valence-corrected chi connectivity index (χ3v) is 11.0. The fraction of sp³-hybridized carbons (Fsp3) is 0.719. The van der Waals surface area contributed by atoms with Gasteiger partial charge in [-0.2, -0.15) is 0 Å². The molecule has 0 unspecified atom stereocenters. The van der Waals surface area contributed by atoms with Crippen molar-refractivity contribution in [3.8, 4) is 0 Å². The average molecular weight is 633 g/mol. The summed E-state index contributed by atoms with van der Waals surface area (Å²) in [5, 5.41) is 0. The van der Waals surface area contributed by atoms with Crippen molar-refractivity contribution in [2.75, 3.05) is 6.61 Å². The molecule has 4 heterocycles. The van der Waals surface area contributed by atoms with Crippen molar-refractivity contribution in [3.63, 3.8) is 0 Å². The van der Waals surface area contributed by atoms with E-state index in [9.17, 15) is 0 Å². The van der Waals surface area contributed by atoms with Crippen molar-refractivity contribution >= 4 is 36.5 Å². The summed E-state index contributed by atoms with van der Waals surface area (Å²) < 4.78 is 35.5. The van der Waals surface area contributed by atoms with Crippen molar-refractivity contribution in [1.29, 1.82) is 0 Å². The van der Waals surface area contributed by atoms with Gasteiger partial charge in [0.15, 0.2) is 25.0 Å². The molecule has 0 bridgehead atoms. The van der Waals surface area contributed by atoms with Gasteiger partial charge in [-0.25, -0.2) is 4.98 Å². The average Bonchev–Trinajstić information content (AvgIpc) is 3.50. The van der Waals surface area contributed by atoms with Crippen LogP contribution in [0.15, 0.2) is 36.2 Å². The molecule has 2 saturated heterocycles. The minimum absolute atomic E-state index is 0.0157. The smallest absolute Gasteiger partial charge is 0.184 e. The zero-order valence-electron chi connectivity index (χ0n) is 28.1. The number of rotatable bonds is 13. The lowest BCUT2D eigenvalue weighted by Crippen LogP contribution is -2.58. The van der Waals surface area contributed by atoms with Crippen LogP contribution in [-0.4, -0.2) is 77.6 Å². The Labute approximate surface area is 257 Å². The Morgan fingerprint density at radius 3 is 2.29 bits per heavy atom. The summed E-state index contributed by atoms with van der Waals surface area (Å²) in [6.45, 7) is 27.7. The Bertz CT molecular complexity index is 1220. The molecule has 10 heteroatoms. The van der Waals surface area contributed by atoms with Crippen LogP contribution in [0.4, 0.5) is 0 Å². The molecule has 2 fully saturated rings. The Hall–Kier alpha value is -1.12. The monoisotopic (exact) mass is 632 g/mol. The minimum atomic E-state index is -1.90. The number of hydrogen-bond acceptors (Lipinski definition) is 6. The quantitative estimate of drug-likeness (QED) is 0.167. The van der Waals surface area contributed by atoms with Crippen LogP contribution in [0.5, 0.6) is 0 Å². The molecule has 2 aliphatic rings. The Morgan fingerprint density at radius 1 is 0.976 bits per heavy atom. The molecule has 42 heavy (non-hydrogen) atoms. The van der Waals surface area contributed by atoms with Crippen molar-refractivity contribution in [2.24, 2.45) is 11.8 Å². The van der Waals surface area contributed by atoms with Gasteiger partial charge in [0.2, 0.25) is 0 Å². The lowest BCUT2D eigenvalue weighted by Gasteiger charge is -2.47. The standard InChI is InChI=1S/C32H56N2O5Si3/c1-22(18-29-33-20-26-15-13-14-16-34(26)29)17-27-32(39-42(10,11)12)31(38-41(7,8)9)25(21-35-27)19-28-30(36-28)23(2)24(3)37-40(4,5)6/h13-16,18,20,23-25,27-28,30-32H,17,19,21H2,1-12H3/b22-18+/t23-,24-,25-,27-,28-,30-,31+,32-/m0/s1. The maximum Gasteiger partial charge on any atom is 0.184 e. The number of hydrogen-bond donors (Lipinski definition) is 0. The predicted molar refractivity (Wildman–Crippen MR) is 179 cm³/mol. The highest BCUT2D eigenvalue weighted by molar-refractivity contribution is 6.70. The SMILES string of the molecule is C/C(=C\c1ncc2ccccn12)C[C@@H]1OC[C@H](C[C@@H]2O[C@H]2[C@@H](C)[C@H](C)O[Si](C)(C)C)[C@@H](O[Si](C)(C)C)[C@H]1O[Si](C)(C)C. The van der Waals surface area contributed by atoms with Gasteiger partial charge in [-0.3, -0.25) is 0 Å². The van der Waals surface area contributed by atoms with Gasteiger partial charge in [0.25, 0.3) is 0 Å². The molecule has 0 saturated carbocycles. The molecular formula is C32H56N2O5Si3. The van der Waals surface area contributed by atoms with E-state index in [2.05, 4.69) is 107 Å². The molecular weight excluding hydrogens is 577 g/mol. The molecule has 2 aliphatic heterocycles. The highest BCUT2D eigenvalue weighted by Crippen LogP contribution is 2.41. The summed E-state index contributed by atoms with van der Waals surface area (Å²) in [6.07, 6.45) is 8.29. The lowest BCUT2D eigenvalue weighted by molar-refractivity contribution is -0.152. The fourth-order valence-electron chi connectivity index (χ4n) is 6.12. The van der Waals surface area contributed by atoms with Crippen LogP contribution >= 0.6 is 0 Å². The summed E-state index contributed by atoms with van der Waals surface area (Å²) in [7, 11) is -5.38. The van der Waals surface area contributed by atoms with Crippen LogP contribution in [0.3, 0.4) is 0 Å².